The van der Waals surface area contributed by atoms with Crippen LogP contribution in [-0.2, 0) is 14.3 Å². The van der Waals surface area contributed by atoms with E-state index >= 15 is 0 Å². The van der Waals surface area contributed by atoms with Gasteiger partial charge >= 0.3 is 5.97 Å². The zero-order valence-corrected chi connectivity index (χ0v) is 15.4. The minimum Gasteiger partial charge on any atom is -0.481 e. The maximum Gasteiger partial charge on any atom is 0.303 e. The normalized spacial score (nSPS) is 14.1. The van der Waals surface area contributed by atoms with Crippen LogP contribution in [0, 0.1) is 5.92 Å². The molecule has 0 amide bonds. The quantitative estimate of drug-likeness (QED) is 0.505. The summed E-state index contributed by atoms with van der Waals surface area (Å²) in [5, 5.41) is 11.9. The molecule has 136 valence electrons. The third-order valence-electron chi connectivity index (χ3n) is 3.77. The molecule has 0 bridgehead atoms. The van der Waals surface area contributed by atoms with Crippen molar-refractivity contribution in [1.82, 2.24) is 5.32 Å². The van der Waals surface area contributed by atoms with Crippen LogP contribution in [0.5, 0.6) is 0 Å². The highest BCUT2D eigenvalue weighted by Crippen LogP contribution is 2.15. The Bertz CT molecular complexity index is 392. The smallest absolute Gasteiger partial charge is 0.303 e. The number of ketones is 1. The van der Waals surface area contributed by atoms with Crippen LogP contribution in [0.15, 0.2) is 0 Å². The van der Waals surface area contributed by atoms with E-state index in [-0.39, 0.29) is 18.6 Å². The van der Waals surface area contributed by atoms with Gasteiger partial charge < -0.3 is 20.9 Å². The first-order valence-corrected chi connectivity index (χ1v) is 8.28. The van der Waals surface area contributed by atoms with Crippen LogP contribution in [0.2, 0.25) is 0 Å². The predicted octanol–water partition coefficient (Wildman–Crippen LogP) is 1.96. The van der Waals surface area contributed by atoms with Gasteiger partial charge in [0, 0.05) is 19.6 Å². The van der Waals surface area contributed by atoms with Gasteiger partial charge in [-0.2, -0.15) is 0 Å². The van der Waals surface area contributed by atoms with Crippen LogP contribution in [-0.4, -0.2) is 47.2 Å². The molecule has 4 N–H and O–H groups in total. The Morgan fingerprint density at radius 2 is 1.74 bits per heavy atom. The Balaban J connectivity index is 4.43. The average Bonchev–Trinajstić information content (AvgIpc) is 2.41. The van der Waals surface area contributed by atoms with Crippen molar-refractivity contribution >= 4 is 11.8 Å². The number of nitrogens with one attached hydrogen (secondary N) is 1. The largest absolute Gasteiger partial charge is 0.481 e. The molecule has 1 unspecified atom stereocenters. The minimum absolute atomic E-state index is 0.104. The number of aliphatic carboxylic acids is 1. The van der Waals surface area contributed by atoms with Gasteiger partial charge in [-0.1, -0.05) is 13.8 Å². The van der Waals surface area contributed by atoms with E-state index in [9.17, 15) is 9.59 Å². The second kappa shape index (κ2) is 9.35. The number of carboxylic acid groups (broad SMARTS) is 1. The van der Waals surface area contributed by atoms with Crippen molar-refractivity contribution in [3.8, 4) is 0 Å². The molecule has 0 aliphatic rings. The second-order valence-electron chi connectivity index (χ2n) is 7.67. The summed E-state index contributed by atoms with van der Waals surface area (Å²) in [5.41, 5.74) is 4.61. The maximum absolute atomic E-state index is 12.4. The molecule has 0 saturated carbocycles. The van der Waals surface area contributed by atoms with E-state index < -0.39 is 23.2 Å². The first kappa shape index (κ1) is 22.0. The summed E-state index contributed by atoms with van der Waals surface area (Å²) in [6.45, 7) is 13.0. The second-order valence-corrected chi connectivity index (χ2v) is 7.67. The van der Waals surface area contributed by atoms with Crippen LogP contribution in [0.3, 0.4) is 0 Å². The number of rotatable bonds is 12. The summed E-state index contributed by atoms with van der Waals surface area (Å²) < 4.78 is 5.87. The molecule has 0 aromatic heterocycles. The van der Waals surface area contributed by atoms with Crippen LogP contribution in [0.1, 0.15) is 60.8 Å². The molecule has 0 radical (unpaired) electrons. The van der Waals surface area contributed by atoms with Crippen LogP contribution < -0.4 is 11.1 Å². The molecule has 0 saturated heterocycles. The van der Waals surface area contributed by atoms with Gasteiger partial charge in [0.15, 0.2) is 5.78 Å². The summed E-state index contributed by atoms with van der Waals surface area (Å²) >= 11 is 0. The fraction of sp³-hybridized carbons (Fsp3) is 0.882. The summed E-state index contributed by atoms with van der Waals surface area (Å²) in [4.78, 5) is 23.0. The summed E-state index contributed by atoms with van der Waals surface area (Å²) in [6.07, 6.45) is 1.03. The van der Waals surface area contributed by atoms with E-state index in [4.69, 9.17) is 15.6 Å². The van der Waals surface area contributed by atoms with E-state index in [1.165, 1.54) is 0 Å². The molecule has 6 heteroatoms. The van der Waals surface area contributed by atoms with Crippen molar-refractivity contribution in [3.05, 3.63) is 0 Å². The predicted molar refractivity (Wildman–Crippen MR) is 91.4 cm³/mol. The van der Waals surface area contributed by atoms with Gasteiger partial charge in [0.2, 0.25) is 0 Å². The Kier molecular flexibility index (Phi) is 8.95. The van der Waals surface area contributed by atoms with E-state index in [0.29, 0.717) is 19.1 Å². The molecular formula is C17H34N2O4. The van der Waals surface area contributed by atoms with Gasteiger partial charge in [-0.25, -0.2) is 0 Å². The fourth-order valence-corrected chi connectivity index (χ4v) is 2.02. The van der Waals surface area contributed by atoms with Crippen molar-refractivity contribution in [1.29, 1.82) is 0 Å². The van der Waals surface area contributed by atoms with Crippen molar-refractivity contribution in [2.45, 2.75) is 78.0 Å². The first-order chi connectivity index (χ1) is 10.4. The van der Waals surface area contributed by atoms with Crippen molar-refractivity contribution < 1.29 is 19.4 Å². The molecule has 1 atom stereocenters. The third-order valence-corrected chi connectivity index (χ3v) is 3.77. The molecule has 0 aliphatic carbocycles. The van der Waals surface area contributed by atoms with Gasteiger partial charge in [0.25, 0.3) is 0 Å². The molecule has 23 heavy (non-hydrogen) atoms. The number of nitrogens with two attached hydrogens (primary N) is 1. The lowest BCUT2D eigenvalue weighted by atomic mass is 9.90. The molecule has 0 spiro atoms. The fourth-order valence-electron chi connectivity index (χ4n) is 2.02. The number of Topliss-reactive ketones (excluding diaryl/α,β-unsaturated/α-hetero) is 1. The van der Waals surface area contributed by atoms with Gasteiger partial charge in [-0.15, -0.1) is 0 Å². The lowest BCUT2D eigenvalue weighted by Gasteiger charge is -2.33. The van der Waals surface area contributed by atoms with Crippen molar-refractivity contribution in [3.63, 3.8) is 0 Å². The van der Waals surface area contributed by atoms with Crippen LogP contribution in [0.4, 0.5) is 0 Å². The Morgan fingerprint density at radius 3 is 2.22 bits per heavy atom. The number of hydrogen-bond donors (Lipinski definition) is 3. The Hall–Kier alpha value is -0.980. The highest BCUT2D eigenvalue weighted by Gasteiger charge is 2.33. The molecule has 0 aromatic rings. The number of hydrogen-bond acceptors (Lipinski definition) is 5. The maximum atomic E-state index is 12.4. The Morgan fingerprint density at radius 1 is 1.17 bits per heavy atom. The van der Waals surface area contributed by atoms with Gasteiger partial charge in [0.05, 0.1) is 17.2 Å². The number of carboxylic acids is 1. The van der Waals surface area contributed by atoms with Crippen LogP contribution in [0.25, 0.3) is 0 Å². The number of carbonyl (C=O) groups is 2. The highest BCUT2D eigenvalue weighted by atomic mass is 16.5. The summed E-state index contributed by atoms with van der Waals surface area (Å²) in [6, 6.07) is -0.779. The summed E-state index contributed by atoms with van der Waals surface area (Å²) in [7, 11) is 0. The lowest BCUT2D eigenvalue weighted by Crippen LogP contribution is -2.57. The number of carbonyl (C=O) groups excluding carboxylic acids is 1. The van der Waals surface area contributed by atoms with Gasteiger partial charge in [0.1, 0.15) is 0 Å². The van der Waals surface area contributed by atoms with E-state index in [0.717, 1.165) is 6.42 Å². The van der Waals surface area contributed by atoms with E-state index in [1.54, 1.807) is 13.8 Å². The zero-order chi connectivity index (χ0) is 18.3. The van der Waals surface area contributed by atoms with Gasteiger partial charge in [-0.3, -0.25) is 9.59 Å². The Labute approximate surface area is 140 Å². The molecule has 0 aromatic carbocycles. The highest BCUT2D eigenvalue weighted by molar-refractivity contribution is 5.92. The standard InChI is InChI=1S/C17H34N2O4/c1-12(2)9-10-23-16(3,4)11-19-17(5,6)15(22)13(18)7-8-14(20)21/h12-13,19H,7-11,18H2,1-6H3,(H,20,21). The zero-order valence-electron chi connectivity index (χ0n) is 15.4. The van der Waals surface area contributed by atoms with Crippen LogP contribution >= 0.6 is 0 Å². The van der Waals surface area contributed by atoms with Crippen molar-refractivity contribution in [2.75, 3.05) is 13.2 Å². The molecule has 0 aliphatic heterocycles. The monoisotopic (exact) mass is 330 g/mol. The lowest BCUT2D eigenvalue weighted by molar-refractivity contribution is -0.137. The van der Waals surface area contributed by atoms with Gasteiger partial charge in [-0.05, 0) is 46.5 Å². The molecular weight excluding hydrogens is 296 g/mol. The topological polar surface area (TPSA) is 102 Å². The molecule has 0 rings (SSSR count). The molecule has 0 heterocycles. The number of ether oxygens (including phenoxy) is 1. The average molecular weight is 330 g/mol. The van der Waals surface area contributed by atoms with Crippen molar-refractivity contribution in [2.24, 2.45) is 11.7 Å². The minimum atomic E-state index is -0.946. The molecule has 6 nitrogen and oxygen atoms in total. The first-order valence-electron chi connectivity index (χ1n) is 8.28. The van der Waals surface area contributed by atoms with E-state index in [2.05, 4.69) is 19.2 Å². The molecule has 0 fully saturated rings. The SMILES string of the molecule is CC(C)CCOC(C)(C)CNC(C)(C)C(=O)C(N)CCC(=O)O. The third kappa shape index (κ3) is 9.69. The summed E-state index contributed by atoms with van der Waals surface area (Å²) in [5.74, 6) is -0.542. The van der Waals surface area contributed by atoms with E-state index in [1.807, 2.05) is 13.8 Å².